The zero-order valence-corrected chi connectivity index (χ0v) is 12.8. The van der Waals surface area contributed by atoms with E-state index in [2.05, 4.69) is 23.4 Å². The number of aromatic nitrogens is 2. The number of rotatable bonds is 4. The van der Waals surface area contributed by atoms with Gasteiger partial charge in [0, 0.05) is 7.05 Å². The Morgan fingerprint density at radius 2 is 2.19 bits per heavy atom. The monoisotopic (exact) mass is 290 g/mol. The minimum absolute atomic E-state index is 0.427. The lowest BCUT2D eigenvalue weighted by Gasteiger charge is -2.37. The van der Waals surface area contributed by atoms with Crippen LogP contribution in [0, 0.1) is 24.2 Å². The van der Waals surface area contributed by atoms with Crippen LogP contribution in [0.5, 0.6) is 0 Å². The van der Waals surface area contributed by atoms with Gasteiger partial charge in [-0.05, 0) is 38.5 Å². The van der Waals surface area contributed by atoms with Gasteiger partial charge in [-0.1, -0.05) is 13.3 Å². The fourth-order valence-electron chi connectivity index (χ4n) is 3.13. The quantitative estimate of drug-likeness (QED) is 0.888. The van der Waals surface area contributed by atoms with Crippen LogP contribution in [-0.4, -0.2) is 26.4 Å². The summed E-state index contributed by atoms with van der Waals surface area (Å²) in [5.41, 5.74) is 0.0540. The molecule has 0 radical (unpaired) electrons. The van der Waals surface area contributed by atoms with Gasteiger partial charge >= 0.3 is 5.97 Å². The van der Waals surface area contributed by atoms with E-state index in [4.69, 9.17) is 0 Å². The summed E-state index contributed by atoms with van der Waals surface area (Å²) in [6.07, 6.45) is 4.04. The summed E-state index contributed by atoms with van der Waals surface area (Å²) in [6.45, 7) is 3.90. The van der Waals surface area contributed by atoms with Crippen LogP contribution >= 0.6 is 0 Å². The van der Waals surface area contributed by atoms with Crippen molar-refractivity contribution in [2.45, 2.75) is 51.5 Å². The number of anilines is 1. The van der Waals surface area contributed by atoms with E-state index in [1.165, 1.54) is 0 Å². The van der Waals surface area contributed by atoms with Crippen LogP contribution in [-0.2, 0) is 11.8 Å². The summed E-state index contributed by atoms with van der Waals surface area (Å²) in [4.78, 5) is 11.8. The molecule has 1 heterocycles. The lowest BCUT2D eigenvalue weighted by atomic mass is 9.75. The summed E-state index contributed by atoms with van der Waals surface area (Å²) in [6, 6.07) is 2.11. The van der Waals surface area contributed by atoms with E-state index in [0.29, 0.717) is 35.8 Å². The van der Waals surface area contributed by atoms with Gasteiger partial charge in [-0.25, -0.2) is 4.79 Å². The van der Waals surface area contributed by atoms with Crippen LogP contribution < -0.4 is 5.32 Å². The highest BCUT2D eigenvalue weighted by atomic mass is 16.4. The molecule has 0 aliphatic heterocycles. The van der Waals surface area contributed by atoms with E-state index < -0.39 is 11.5 Å². The largest absolute Gasteiger partial charge is 0.480 e. The zero-order valence-electron chi connectivity index (χ0n) is 12.8. The van der Waals surface area contributed by atoms with E-state index in [-0.39, 0.29) is 0 Å². The second kappa shape index (κ2) is 5.76. The number of aryl methyl sites for hydroxylation is 2. The Bertz CT molecular complexity index is 577. The van der Waals surface area contributed by atoms with E-state index >= 15 is 0 Å². The predicted octanol–water partition coefficient (Wildman–Crippen LogP) is 2.44. The van der Waals surface area contributed by atoms with Crippen LogP contribution in [0.3, 0.4) is 0 Å². The molecule has 2 rings (SSSR count). The molecule has 0 atom stereocenters. The maximum atomic E-state index is 11.8. The van der Waals surface area contributed by atoms with Crippen LogP contribution in [0.15, 0.2) is 0 Å². The van der Waals surface area contributed by atoms with E-state index in [1.54, 1.807) is 18.7 Å². The average molecular weight is 290 g/mol. The van der Waals surface area contributed by atoms with Crippen molar-refractivity contribution in [3.05, 3.63) is 11.3 Å². The molecule has 1 aliphatic rings. The fraction of sp³-hybridized carbons (Fsp3) is 0.667. The molecule has 21 heavy (non-hydrogen) atoms. The van der Waals surface area contributed by atoms with Crippen LogP contribution in [0.1, 0.15) is 50.3 Å². The molecule has 0 spiro atoms. The number of carboxylic acids is 1. The molecular formula is C15H22N4O2. The highest BCUT2D eigenvalue weighted by molar-refractivity contribution is 5.83. The van der Waals surface area contributed by atoms with Crippen LogP contribution in [0.25, 0.3) is 0 Å². The maximum Gasteiger partial charge on any atom is 0.329 e. The lowest BCUT2D eigenvalue weighted by molar-refractivity contribution is -0.143. The third-order valence-corrected chi connectivity index (χ3v) is 4.64. The number of carboxylic acid groups (broad SMARTS) is 1. The highest BCUT2D eigenvalue weighted by Gasteiger charge is 2.42. The maximum absolute atomic E-state index is 11.8. The van der Waals surface area contributed by atoms with Crippen molar-refractivity contribution in [1.82, 2.24) is 9.78 Å². The Balaban J connectivity index is 2.31. The molecule has 0 amide bonds. The van der Waals surface area contributed by atoms with E-state index in [1.807, 2.05) is 0 Å². The summed E-state index contributed by atoms with van der Waals surface area (Å²) < 4.78 is 1.56. The number of aliphatic carboxylic acids is 1. The normalized spacial score (nSPS) is 25.3. The lowest BCUT2D eigenvalue weighted by Crippen LogP contribution is -2.49. The van der Waals surface area contributed by atoms with Crippen LogP contribution in [0.4, 0.5) is 5.82 Å². The second-order valence-electron chi connectivity index (χ2n) is 5.91. The van der Waals surface area contributed by atoms with Gasteiger partial charge in [0.1, 0.15) is 23.0 Å². The molecule has 0 saturated heterocycles. The summed E-state index contributed by atoms with van der Waals surface area (Å²) in [5, 5.41) is 26.3. The standard InChI is InChI=1S/C15H22N4O2/c1-4-11-5-7-15(8-6-11,14(20)21)17-13-12(9-16)10(2)18-19(13)3/h11,17H,4-8H2,1-3H3,(H,20,21). The molecular weight excluding hydrogens is 268 g/mol. The Morgan fingerprint density at radius 1 is 1.57 bits per heavy atom. The van der Waals surface area contributed by atoms with Gasteiger partial charge in [0.15, 0.2) is 0 Å². The SMILES string of the molecule is CCC1CCC(Nc2c(C#N)c(C)nn2C)(C(=O)O)CC1. The minimum atomic E-state index is -0.989. The molecule has 2 N–H and O–H groups in total. The first kappa shape index (κ1) is 15.4. The fourth-order valence-corrected chi connectivity index (χ4v) is 3.13. The molecule has 1 aromatic heterocycles. The first-order chi connectivity index (χ1) is 9.93. The highest BCUT2D eigenvalue weighted by Crippen LogP contribution is 2.37. The Labute approximate surface area is 124 Å². The van der Waals surface area contributed by atoms with Crippen molar-refractivity contribution in [2.75, 3.05) is 5.32 Å². The number of nitrogens with one attached hydrogen (secondary N) is 1. The third kappa shape index (κ3) is 2.73. The number of hydrogen-bond donors (Lipinski definition) is 2. The minimum Gasteiger partial charge on any atom is -0.480 e. The molecule has 1 saturated carbocycles. The van der Waals surface area contributed by atoms with Gasteiger partial charge in [-0.15, -0.1) is 0 Å². The number of carbonyl (C=O) groups is 1. The molecule has 114 valence electrons. The molecule has 1 aromatic rings. The third-order valence-electron chi connectivity index (χ3n) is 4.64. The number of hydrogen-bond acceptors (Lipinski definition) is 4. The van der Waals surface area contributed by atoms with Gasteiger partial charge in [0.25, 0.3) is 0 Å². The molecule has 0 aromatic carbocycles. The van der Waals surface area contributed by atoms with E-state index in [0.717, 1.165) is 19.3 Å². The van der Waals surface area contributed by atoms with Crippen molar-refractivity contribution >= 4 is 11.8 Å². The van der Waals surface area contributed by atoms with E-state index in [9.17, 15) is 15.2 Å². The molecule has 6 nitrogen and oxygen atoms in total. The van der Waals surface area contributed by atoms with Crippen LogP contribution in [0.2, 0.25) is 0 Å². The van der Waals surface area contributed by atoms with Crippen molar-refractivity contribution < 1.29 is 9.90 Å². The van der Waals surface area contributed by atoms with Gasteiger partial charge in [0.05, 0.1) is 5.69 Å². The first-order valence-corrected chi connectivity index (χ1v) is 7.38. The van der Waals surface area contributed by atoms with Crippen molar-refractivity contribution in [1.29, 1.82) is 5.26 Å². The first-order valence-electron chi connectivity index (χ1n) is 7.38. The Hall–Kier alpha value is -2.03. The number of nitriles is 1. The Kier molecular flexibility index (Phi) is 4.21. The number of nitrogens with zero attached hydrogens (tertiary/aromatic N) is 3. The Morgan fingerprint density at radius 3 is 2.67 bits per heavy atom. The molecule has 0 unspecified atom stereocenters. The molecule has 1 fully saturated rings. The second-order valence-corrected chi connectivity index (χ2v) is 5.91. The molecule has 6 heteroatoms. The topological polar surface area (TPSA) is 90.9 Å². The van der Waals surface area contributed by atoms with Crippen molar-refractivity contribution in [3.8, 4) is 6.07 Å². The summed E-state index contributed by atoms with van der Waals surface area (Å²) in [7, 11) is 1.73. The van der Waals surface area contributed by atoms with Gasteiger partial charge in [0.2, 0.25) is 0 Å². The zero-order chi connectivity index (χ0) is 15.6. The van der Waals surface area contributed by atoms with Crippen molar-refractivity contribution in [3.63, 3.8) is 0 Å². The summed E-state index contributed by atoms with van der Waals surface area (Å²) >= 11 is 0. The van der Waals surface area contributed by atoms with Gasteiger partial charge < -0.3 is 10.4 Å². The smallest absolute Gasteiger partial charge is 0.329 e. The molecule has 1 aliphatic carbocycles. The van der Waals surface area contributed by atoms with Gasteiger partial charge in [-0.3, -0.25) is 4.68 Å². The summed E-state index contributed by atoms with van der Waals surface area (Å²) in [5.74, 6) is 0.259. The molecule has 0 bridgehead atoms. The predicted molar refractivity (Wildman–Crippen MR) is 78.9 cm³/mol. The van der Waals surface area contributed by atoms with Gasteiger partial charge in [-0.2, -0.15) is 10.4 Å². The average Bonchev–Trinajstić information content (AvgIpc) is 2.73. The van der Waals surface area contributed by atoms with Crippen molar-refractivity contribution in [2.24, 2.45) is 13.0 Å².